The Morgan fingerprint density at radius 1 is 0.500 bits per heavy atom. The van der Waals surface area contributed by atoms with Gasteiger partial charge >= 0.3 is 0 Å². The lowest BCUT2D eigenvalue weighted by molar-refractivity contribution is -0.0399. The van der Waals surface area contributed by atoms with E-state index in [2.05, 4.69) is 160 Å². The van der Waals surface area contributed by atoms with E-state index in [9.17, 15) is 0 Å². The predicted octanol–water partition coefficient (Wildman–Crippen LogP) is 14.8. The molecule has 0 N–H and O–H groups in total. The third-order valence-electron chi connectivity index (χ3n) is 15.7. The van der Waals surface area contributed by atoms with Gasteiger partial charge in [-0.1, -0.05) is 113 Å². The molecule has 1 aromatic heterocycles. The zero-order valence-corrected chi connectivity index (χ0v) is 33.2. The number of anilines is 3. The van der Waals surface area contributed by atoms with Gasteiger partial charge in [0.25, 0.3) is 0 Å². The van der Waals surface area contributed by atoms with Gasteiger partial charge in [0.15, 0.2) is 5.58 Å². The third kappa shape index (κ3) is 4.50. The highest BCUT2D eigenvalue weighted by Gasteiger charge is 2.61. The average Bonchev–Trinajstić information content (AvgIpc) is 3.73. The van der Waals surface area contributed by atoms with Crippen LogP contribution in [0.15, 0.2) is 132 Å². The summed E-state index contributed by atoms with van der Waals surface area (Å²) in [5.41, 5.74) is 17.4. The zero-order valence-electron chi connectivity index (χ0n) is 33.2. The van der Waals surface area contributed by atoms with Crippen molar-refractivity contribution in [1.82, 2.24) is 0 Å². The molecule has 56 heavy (non-hydrogen) atoms. The summed E-state index contributed by atoms with van der Waals surface area (Å²) in [5, 5.41) is 2.31. The molecule has 6 aliphatic rings. The molecule has 2 heteroatoms. The average molecular weight is 730 g/mol. The Bertz CT molecular complexity index is 2700. The van der Waals surface area contributed by atoms with Gasteiger partial charge in [-0.2, -0.15) is 0 Å². The molecule has 0 aliphatic heterocycles. The van der Waals surface area contributed by atoms with Crippen molar-refractivity contribution >= 4 is 39.0 Å². The topological polar surface area (TPSA) is 16.4 Å². The lowest BCUT2D eigenvalue weighted by Gasteiger charge is -2.61. The van der Waals surface area contributed by atoms with Crippen molar-refractivity contribution in [3.05, 3.63) is 150 Å². The molecule has 7 aromatic rings. The van der Waals surface area contributed by atoms with Crippen LogP contribution >= 0.6 is 0 Å². The Hall–Kier alpha value is -5.08. The van der Waals surface area contributed by atoms with Crippen molar-refractivity contribution in [2.24, 2.45) is 23.7 Å². The minimum absolute atomic E-state index is 0.101. The van der Waals surface area contributed by atoms with Crippen molar-refractivity contribution in [2.45, 2.75) is 88.9 Å². The van der Waals surface area contributed by atoms with E-state index in [1.165, 1.54) is 84.0 Å². The number of nitrogens with zero attached hydrogens (tertiary/aromatic N) is 1. The Labute approximate surface area is 331 Å². The molecule has 1 spiro atoms. The molecule has 6 aliphatic carbocycles. The number of para-hydroxylation sites is 2. The second-order valence-corrected chi connectivity index (χ2v) is 19.6. The number of furan rings is 1. The first-order chi connectivity index (χ1) is 27.2. The molecule has 4 saturated carbocycles. The Balaban J connectivity index is 0.997. The minimum atomic E-state index is 0.101. The molecule has 13 rings (SSSR count). The van der Waals surface area contributed by atoms with Crippen LogP contribution in [0.1, 0.15) is 94.9 Å². The molecule has 4 fully saturated rings. The van der Waals surface area contributed by atoms with Crippen molar-refractivity contribution < 1.29 is 4.42 Å². The van der Waals surface area contributed by atoms with Crippen LogP contribution in [0, 0.1) is 23.7 Å². The quantitative estimate of drug-likeness (QED) is 0.179. The lowest BCUT2D eigenvalue weighted by atomic mass is 9.43. The van der Waals surface area contributed by atoms with Gasteiger partial charge in [0.05, 0.1) is 5.69 Å². The van der Waals surface area contributed by atoms with E-state index in [1.54, 1.807) is 11.1 Å². The van der Waals surface area contributed by atoms with Crippen molar-refractivity contribution in [3.8, 4) is 22.3 Å². The van der Waals surface area contributed by atoms with Gasteiger partial charge < -0.3 is 9.32 Å². The number of hydrogen-bond donors (Lipinski definition) is 0. The summed E-state index contributed by atoms with van der Waals surface area (Å²) >= 11 is 0. The maximum Gasteiger partial charge on any atom is 0.159 e. The molecular formula is C54H51NO. The Morgan fingerprint density at radius 3 is 1.93 bits per heavy atom. The number of fused-ring (bicyclic) bond motifs is 7. The Kier molecular flexibility index (Phi) is 6.80. The van der Waals surface area contributed by atoms with Crippen LogP contribution < -0.4 is 4.90 Å². The van der Waals surface area contributed by atoms with Crippen LogP contribution in [-0.4, -0.2) is 0 Å². The van der Waals surface area contributed by atoms with Crippen molar-refractivity contribution in [2.75, 3.05) is 4.90 Å². The first-order valence-corrected chi connectivity index (χ1v) is 21.4. The maximum atomic E-state index is 6.71. The molecule has 0 amide bonds. The molecule has 0 saturated heterocycles. The molecule has 0 unspecified atom stereocenters. The van der Waals surface area contributed by atoms with E-state index >= 15 is 0 Å². The standard InChI is InChI=1S/C54H51NO/c1-52(2)24-25-53(3,4)48-32-40(21-23-46(48)52)55(49-14-9-12-44-43-11-6-8-15-50(43)56-51(44)49)39-19-16-35(17-20-39)36-18-22-42-41-10-5-7-13-45(41)54(47(42)31-36)37-27-33-26-34(29-37)30-38(54)28-33/h5-23,31-34,37-38H,24-30H2,1-4H3. The lowest BCUT2D eigenvalue weighted by Crippen LogP contribution is -2.55. The highest BCUT2D eigenvalue weighted by molar-refractivity contribution is 6.10. The molecule has 0 radical (unpaired) electrons. The van der Waals surface area contributed by atoms with Crippen LogP contribution in [0.3, 0.4) is 0 Å². The molecule has 0 atom stereocenters. The molecule has 1 heterocycles. The number of hydrogen-bond acceptors (Lipinski definition) is 2. The van der Waals surface area contributed by atoms with E-state index in [0.717, 1.165) is 57.0 Å². The van der Waals surface area contributed by atoms with E-state index in [1.807, 2.05) is 0 Å². The number of rotatable bonds is 4. The number of benzene rings is 6. The molecule has 278 valence electrons. The maximum absolute atomic E-state index is 6.71. The fraction of sp³-hybridized carbons (Fsp3) is 0.333. The largest absolute Gasteiger partial charge is 0.454 e. The first-order valence-electron chi connectivity index (χ1n) is 21.4. The van der Waals surface area contributed by atoms with E-state index < -0.39 is 0 Å². The molecule has 2 nitrogen and oxygen atoms in total. The fourth-order valence-electron chi connectivity index (χ4n) is 13.2. The summed E-state index contributed by atoms with van der Waals surface area (Å²) in [6, 6.07) is 48.6. The smallest absolute Gasteiger partial charge is 0.159 e. The van der Waals surface area contributed by atoms with E-state index in [0.29, 0.717) is 0 Å². The van der Waals surface area contributed by atoms with Crippen LogP contribution in [0.4, 0.5) is 17.1 Å². The van der Waals surface area contributed by atoms with Gasteiger partial charge in [0, 0.05) is 27.6 Å². The summed E-state index contributed by atoms with van der Waals surface area (Å²) in [6.45, 7) is 9.67. The Morgan fingerprint density at radius 2 is 1.14 bits per heavy atom. The highest BCUT2D eigenvalue weighted by Crippen LogP contribution is 2.69. The van der Waals surface area contributed by atoms with Gasteiger partial charge in [-0.3, -0.25) is 0 Å². The summed E-state index contributed by atoms with van der Waals surface area (Å²) in [4.78, 5) is 2.44. The summed E-state index contributed by atoms with van der Waals surface area (Å²) in [7, 11) is 0. The zero-order chi connectivity index (χ0) is 37.6. The van der Waals surface area contributed by atoms with Gasteiger partial charge in [-0.15, -0.1) is 0 Å². The molecule has 6 aromatic carbocycles. The SMILES string of the molecule is CC1(C)CCC(C)(C)c2cc(N(c3ccc(-c4ccc5c(c4)C4(c6ccccc6-5)C5CC6CC(C5)CC4C6)cc3)c3cccc4c3oc3ccccc34)ccc21. The summed E-state index contributed by atoms with van der Waals surface area (Å²) in [5.74, 6) is 3.41. The van der Waals surface area contributed by atoms with Crippen LogP contribution in [0.2, 0.25) is 0 Å². The van der Waals surface area contributed by atoms with Gasteiger partial charge in [0.2, 0.25) is 0 Å². The van der Waals surface area contributed by atoms with E-state index in [-0.39, 0.29) is 16.2 Å². The van der Waals surface area contributed by atoms with Gasteiger partial charge in [-0.05, 0) is 166 Å². The summed E-state index contributed by atoms with van der Waals surface area (Å²) in [6.07, 6.45) is 9.49. The normalized spacial score (nSPS) is 26.1. The van der Waals surface area contributed by atoms with Gasteiger partial charge in [-0.25, -0.2) is 0 Å². The van der Waals surface area contributed by atoms with Crippen LogP contribution in [0.5, 0.6) is 0 Å². The van der Waals surface area contributed by atoms with Crippen LogP contribution in [-0.2, 0) is 16.2 Å². The van der Waals surface area contributed by atoms with Crippen LogP contribution in [0.25, 0.3) is 44.2 Å². The van der Waals surface area contributed by atoms with Crippen molar-refractivity contribution in [1.29, 1.82) is 0 Å². The minimum Gasteiger partial charge on any atom is -0.454 e. The summed E-state index contributed by atoms with van der Waals surface area (Å²) < 4.78 is 6.71. The predicted molar refractivity (Wildman–Crippen MR) is 232 cm³/mol. The first kappa shape index (κ1) is 33.1. The molecular weight excluding hydrogens is 679 g/mol. The second kappa shape index (κ2) is 11.5. The third-order valence-corrected chi connectivity index (χ3v) is 15.7. The fourth-order valence-corrected chi connectivity index (χ4v) is 13.2. The second-order valence-electron chi connectivity index (χ2n) is 19.6. The van der Waals surface area contributed by atoms with Crippen molar-refractivity contribution in [3.63, 3.8) is 0 Å². The highest BCUT2D eigenvalue weighted by atomic mass is 16.3. The van der Waals surface area contributed by atoms with Gasteiger partial charge in [0.1, 0.15) is 5.58 Å². The van der Waals surface area contributed by atoms with E-state index in [4.69, 9.17) is 4.42 Å². The molecule has 4 bridgehead atoms. The monoisotopic (exact) mass is 729 g/mol.